The summed E-state index contributed by atoms with van der Waals surface area (Å²) in [5.74, 6) is -0.0379. The van der Waals surface area contributed by atoms with Crippen molar-refractivity contribution in [1.82, 2.24) is 0 Å². The van der Waals surface area contributed by atoms with E-state index >= 15 is 0 Å². The van der Waals surface area contributed by atoms with E-state index < -0.39 is 13.4 Å². The Bertz CT molecular complexity index is 321. The molecule has 0 amide bonds. The van der Waals surface area contributed by atoms with Crippen molar-refractivity contribution in [2.45, 2.75) is 0 Å². The van der Waals surface area contributed by atoms with Gasteiger partial charge in [-0.05, 0) is 18.6 Å². The second kappa shape index (κ2) is 6.15. The molecule has 0 radical (unpaired) electrons. The van der Waals surface area contributed by atoms with Crippen LogP contribution in [0.1, 0.15) is 0 Å². The van der Waals surface area contributed by atoms with Gasteiger partial charge in [0.15, 0.2) is 0 Å². The van der Waals surface area contributed by atoms with E-state index in [2.05, 4.69) is 0 Å². The minimum Gasteiger partial charge on any atom is -0.508 e. The van der Waals surface area contributed by atoms with Gasteiger partial charge in [0.05, 0.1) is 0 Å². The molecule has 0 saturated heterocycles. The average Bonchev–Trinajstić information content (AvgIpc) is 2.01. The van der Waals surface area contributed by atoms with Gasteiger partial charge in [0.1, 0.15) is 5.75 Å². The molecule has 0 fully saturated rings. The largest absolute Gasteiger partial charge is 1.00 e. The minimum atomic E-state index is -4.84. The topological polar surface area (TPSA) is 23.5 Å². The molecule has 78 valence electrons. The molecule has 0 saturated carbocycles. The first-order valence-corrected chi connectivity index (χ1v) is 4.09. The van der Waals surface area contributed by atoms with Gasteiger partial charge in [-0.15, -0.1) is 0 Å². The van der Waals surface area contributed by atoms with E-state index in [0.717, 1.165) is 4.90 Å². The average molecular weight is 243 g/mol. The van der Waals surface area contributed by atoms with Crippen molar-refractivity contribution >= 4 is 12.7 Å². The number of aromatic hydroxyl groups is 1. The fourth-order valence-corrected chi connectivity index (χ4v) is 1.15. The Kier molecular flexibility index (Phi) is 6.27. The normalized spacial score (nSPS) is 10.7. The first kappa shape index (κ1) is 15.3. The quantitative estimate of drug-likeness (QED) is 0.704. The Morgan fingerprint density at radius 3 is 2.40 bits per heavy atom. The molecule has 0 aliphatic rings. The van der Waals surface area contributed by atoms with Crippen LogP contribution >= 0.6 is 0 Å². The van der Waals surface area contributed by atoms with Crippen molar-refractivity contribution in [3.05, 3.63) is 24.3 Å². The van der Waals surface area contributed by atoms with E-state index in [1.165, 1.54) is 31.3 Å². The van der Waals surface area contributed by atoms with Gasteiger partial charge in [0.25, 0.3) is 0 Å². The van der Waals surface area contributed by atoms with Crippen LogP contribution in [0.4, 0.5) is 18.6 Å². The number of hydrogen-bond acceptors (Lipinski definition) is 2. The van der Waals surface area contributed by atoms with E-state index in [0.29, 0.717) is 5.69 Å². The Morgan fingerprint density at radius 2 is 1.93 bits per heavy atom. The molecule has 2 nitrogen and oxygen atoms in total. The number of phenols is 1. The van der Waals surface area contributed by atoms with Gasteiger partial charge in [-0.3, -0.25) is 0 Å². The van der Waals surface area contributed by atoms with E-state index in [1.54, 1.807) is 0 Å². The smallest absolute Gasteiger partial charge is 0.508 e. The van der Waals surface area contributed by atoms with Crippen molar-refractivity contribution in [2.75, 3.05) is 18.4 Å². The number of benzene rings is 1. The molecule has 1 aromatic rings. The summed E-state index contributed by atoms with van der Waals surface area (Å²) in [5, 5.41) is 9.06. The van der Waals surface area contributed by atoms with Crippen LogP contribution in [-0.4, -0.2) is 25.6 Å². The Morgan fingerprint density at radius 1 is 1.33 bits per heavy atom. The standard InChI is InChI=1S/C8H10BF3NO.K/c1-13(6-9(10,11)12)7-3-2-4-8(14)5-7;/h2-5,14H,6H2,1H3;/q-1;+1. The van der Waals surface area contributed by atoms with Crippen LogP contribution in [0.25, 0.3) is 0 Å². The second-order valence-electron chi connectivity index (χ2n) is 3.11. The third-order valence-corrected chi connectivity index (χ3v) is 1.75. The van der Waals surface area contributed by atoms with E-state index in [4.69, 9.17) is 5.11 Å². The van der Waals surface area contributed by atoms with Crippen molar-refractivity contribution in [2.24, 2.45) is 0 Å². The van der Waals surface area contributed by atoms with Crippen LogP contribution in [0, 0.1) is 0 Å². The van der Waals surface area contributed by atoms with Gasteiger partial charge in [-0.1, -0.05) is 6.07 Å². The fraction of sp³-hybridized carbons (Fsp3) is 0.250. The first-order chi connectivity index (χ1) is 6.38. The molecule has 0 aromatic heterocycles. The minimum absolute atomic E-state index is 0. The van der Waals surface area contributed by atoms with Crippen LogP contribution in [0.5, 0.6) is 5.75 Å². The second-order valence-corrected chi connectivity index (χ2v) is 3.11. The first-order valence-electron chi connectivity index (χ1n) is 4.09. The summed E-state index contributed by atoms with van der Waals surface area (Å²) in [4.78, 5) is 1.06. The number of anilines is 1. The molecule has 1 N–H and O–H groups in total. The molecule has 1 aromatic carbocycles. The summed E-state index contributed by atoms with van der Waals surface area (Å²) in [5.41, 5.74) is 0.351. The molecule has 15 heavy (non-hydrogen) atoms. The van der Waals surface area contributed by atoms with Crippen molar-refractivity contribution < 1.29 is 69.4 Å². The zero-order valence-electron chi connectivity index (χ0n) is 8.62. The van der Waals surface area contributed by atoms with Crippen molar-refractivity contribution in [3.8, 4) is 5.75 Å². The number of nitrogens with zero attached hydrogens (tertiary/aromatic N) is 1. The number of hydrogen-bond donors (Lipinski definition) is 1. The SMILES string of the molecule is CN(C[B-](F)(F)F)c1cccc(O)c1.[K+]. The molecular formula is C8H10BF3KNO. The van der Waals surface area contributed by atoms with Gasteiger partial charge < -0.3 is 23.0 Å². The molecule has 0 unspecified atom stereocenters. The zero-order chi connectivity index (χ0) is 10.8. The Balaban J connectivity index is 0.00000196. The summed E-state index contributed by atoms with van der Waals surface area (Å²) >= 11 is 0. The van der Waals surface area contributed by atoms with Crippen LogP contribution in [0.15, 0.2) is 24.3 Å². The Hall–Kier alpha value is 0.311. The third-order valence-electron chi connectivity index (χ3n) is 1.75. The number of halogens is 3. The molecule has 0 aliphatic carbocycles. The van der Waals surface area contributed by atoms with Crippen molar-refractivity contribution in [3.63, 3.8) is 0 Å². The molecular weight excluding hydrogens is 233 g/mol. The van der Waals surface area contributed by atoms with Gasteiger partial charge in [-0.2, -0.15) is 0 Å². The zero-order valence-corrected chi connectivity index (χ0v) is 11.7. The van der Waals surface area contributed by atoms with E-state index in [1.807, 2.05) is 0 Å². The molecule has 0 bridgehead atoms. The van der Waals surface area contributed by atoms with Crippen molar-refractivity contribution in [1.29, 1.82) is 0 Å². The maximum absolute atomic E-state index is 12.1. The van der Waals surface area contributed by atoms with Gasteiger partial charge >= 0.3 is 58.4 Å². The fourth-order valence-electron chi connectivity index (χ4n) is 1.15. The van der Waals surface area contributed by atoms with Crippen LogP contribution in [0.3, 0.4) is 0 Å². The summed E-state index contributed by atoms with van der Waals surface area (Å²) < 4.78 is 36.2. The predicted octanol–water partition coefficient (Wildman–Crippen LogP) is -0.781. The van der Waals surface area contributed by atoms with Crippen LogP contribution in [0.2, 0.25) is 0 Å². The maximum atomic E-state index is 12.1. The molecule has 0 atom stereocenters. The summed E-state index contributed by atoms with van der Waals surface area (Å²) in [6, 6.07) is 5.73. The van der Waals surface area contributed by atoms with E-state index in [-0.39, 0.29) is 57.1 Å². The molecule has 0 heterocycles. The monoisotopic (exact) mass is 243 g/mol. The molecule has 7 heteroatoms. The molecule has 1 rings (SSSR count). The summed E-state index contributed by atoms with van der Waals surface area (Å²) in [6.45, 7) is -4.84. The summed E-state index contributed by atoms with van der Waals surface area (Å²) in [7, 11) is 1.34. The number of phenolic OH excluding ortho intramolecular Hbond substituents is 1. The van der Waals surface area contributed by atoms with Gasteiger partial charge in [-0.25, -0.2) is 0 Å². The van der Waals surface area contributed by atoms with Crippen LogP contribution in [-0.2, 0) is 0 Å². The Labute approximate surface area is 129 Å². The molecule has 0 aliphatic heterocycles. The van der Waals surface area contributed by atoms with Gasteiger partial charge in [0.2, 0.25) is 0 Å². The molecule has 0 spiro atoms. The predicted molar refractivity (Wildman–Crippen MR) is 50.5 cm³/mol. The maximum Gasteiger partial charge on any atom is 1.00 e. The number of rotatable bonds is 3. The van der Waals surface area contributed by atoms with E-state index in [9.17, 15) is 12.9 Å². The van der Waals surface area contributed by atoms with Crippen LogP contribution < -0.4 is 56.3 Å². The van der Waals surface area contributed by atoms with Gasteiger partial charge in [0, 0.05) is 18.8 Å². The third kappa shape index (κ3) is 5.82. The summed E-state index contributed by atoms with van der Waals surface area (Å²) in [6.07, 6.45) is -0.969.